The number of aromatic nitrogens is 2. The van der Waals surface area contributed by atoms with Gasteiger partial charge in [0.05, 0.1) is 0 Å². The Labute approximate surface area is 141 Å². The molecule has 0 saturated carbocycles. The molecule has 1 aromatic heterocycles. The first-order valence-corrected chi connectivity index (χ1v) is 8.06. The molecule has 0 fully saturated rings. The van der Waals surface area contributed by atoms with Crippen LogP contribution in [0.2, 0.25) is 0 Å². The predicted molar refractivity (Wildman–Crippen MR) is 93.8 cm³/mol. The molecule has 4 nitrogen and oxygen atoms in total. The molecule has 0 bridgehead atoms. The summed E-state index contributed by atoms with van der Waals surface area (Å²) < 4.78 is 5.39. The summed E-state index contributed by atoms with van der Waals surface area (Å²) in [6.45, 7) is 6.30. The molecule has 3 aromatic rings. The van der Waals surface area contributed by atoms with E-state index in [1.807, 2.05) is 31.2 Å². The van der Waals surface area contributed by atoms with Crippen LogP contribution >= 0.6 is 0 Å². The van der Waals surface area contributed by atoms with Gasteiger partial charge in [0.2, 0.25) is 5.82 Å². The molecule has 1 heterocycles. The summed E-state index contributed by atoms with van der Waals surface area (Å²) in [7, 11) is 0. The first-order valence-electron chi connectivity index (χ1n) is 8.06. The number of nitrogens with zero attached hydrogens (tertiary/aromatic N) is 2. The van der Waals surface area contributed by atoms with Crippen LogP contribution in [0.15, 0.2) is 47.0 Å². The summed E-state index contributed by atoms with van der Waals surface area (Å²) in [5.41, 5.74) is 4.61. The molecule has 0 spiro atoms. The van der Waals surface area contributed by atoms with Gasteiger partial charge in [0.1, 0.15) is 6.29 Å². The topological polar surface area (TPSA) is 56.0 Å². The van der Waals surface area contributed by atoms with E-state index in [1.165, 1.54) is 5.56 Å². The van der Waals surface area contributed by atoms with Gasteiger partial charge in [0, 0.05) is 16.7 Å². The second-order valence-corrected chi connectivity index (χ2v) is 6.41. The molecule has 4 heteroatoms. The summed E-state index contributed by atoms with van der Waals surface area (Å²) in [6.07, 6.45) is 1.90. The lowest BCUT2D eigenvalue weighted by Gasteiger charge is -2.04. The van der Waals surface area contributed by atoms with Crippen LogP contribution in [0.5, 0.6) is 0 Å². The van der Waals surface area contributed by atoms with Crippen molar-refractivity contribution in [1.29, 1.82) is 0 Å². The van der Waals surface area contributed by atoms with Gasteiger partial charge in [0.25, 0.3) is 5.89 Å². The number of hydrogen-bond donors (Lipinski definition) is 0. The van der Waals surface area contributed by atoms with Crippen LogP contribution in [0.4, 0.5) is 0 Å². The van der Waals surface area contributed by atoms with Crippen molar-refractivity contribution in [2.24, 2.45) is 5.92 Å². The maximum atomic E-state index is 10.9. The highest BCUT2D eigenvalue weighted by Gasteiger charge is 2.11. The van der Waals surface area contributed by atoms with Gasteiger partial charge in [-0.3, -0.25) is 4.79 Å². The second kappa shape index (κ2) is 6.79. The van der Waals surface area contributed by atoms with Gasteiger partial charge in [0.15, 0.2) is 0 Å². The summed E-state index contributed by atoms with van der Waals surface area (Å²) in [4.78, 5) is 15.4. The molecular weight excluding hydrogens is 300 g/mol. The van der Waals surface area contributed by atoms with E-state index in [4.69, 9.17) is 4.52 Å². The molecule has 0 aliphatic rings. The van der Waals surface area contributed by atoms with Crippen molar-refractivity contribution < 1.29 is 9.32 Å². The third-order valence-electron chi connectivity index (χ3n) is 3.93. The standard InChI is InChI=1S/C20H20N2O2/c1-13(2)10-15-4-6-16(7-5-15)20-21-19(22-24-20)17-8-9-18(12-23)14(3)11-17/h4-9,11-13H,10H2,1-3H3. The molecule has 0 aliphatic carbocycles. The zero-order chi connectivity index (χ0) is 17.1. The SMILES string of the molecule is Cc1cc(-c2noc(-c3ccc(CC(C)C)cc3)n2)ccc1C=O. The maximum Gasteiger partial charge on any atom is 0.258 e. The molecular formula is C20H20N2O2. The zero-order valence-corrected chi connectivity index (χ0v) is 14.1. The average molecular weight is 320 g/mol. The van der Waals surface area contributed by atoms with E-state index in [9.17, 15) is 4.79 Å². The minimum absolute atomic E-state index is 0.498. The Bertz CT molecular complexity index is 848. The highest BCUT2D eigenvalue weighted by Crippen LogP contribution is 2.24. The van der Waals surface area contributed by atoms with E-state index in [0.29, 0.717) is 23.2 Å². The molecule has 0 radical (unpaired) electrons. The van der Waals surface area contributed by atoms with E-state index in [2.05, 4.69) is 36.1 Å². The van der Waals surface area contributed by atoms with Gasteiger partial charge in [-0.15, -0.1) is 0 Å². The molecule has 24 heavy (non-hydrogen) atoms. The van der Waals surface area contributed by atoms with Crippen LogP contribution in [-0.4, -0.2) is 16.4 Å². The number of carbonyl (C=O) groups is 1. The molecule has 3 rings (SSSR count). The number of aryl methyl sites for hydroxylation is 1. The lowest BCUT2D eigenvalue weighted by molar-refractivity contribution is 0.112. The van der Waals surface area contributed by atoms with Crippen molar-refractivity contribution in [3.63, 3.8) is 0 Å². The Hall–Kier alpha value is -2.75. The number of carbonyl (C=O) groups excluding carboxylic acids is 1. The first kappa shape index (κ1) is 16.1. The van der Waals surface area contributed by atoms with Crippen LogP contribution in [0.1, 0.15) is 35.3 Å². The number of benzene rings is 2. The van der Waals surface area contributed by atoms with Crippen molar-refractivity contribution >= 4 is 6.29 Å². The fraction of sp³-hybridized carbons (Fsp3) is 0.250. The highest BCUT2D eigenvalue weighted by atomic mass is 16.5. The average Bonchev–Trinajstić information content (AvgIpc) is 3.05. The molecule has 2 aromatic carbocycles. The number of aldehydes is 1. The molecule has 0 amide bonds. The number of rotatable bonds is 5. The molecule has 0 atom stereocenters. The second-order valence-electron chi connectivity index (χ2n) is 6.41. The van der Waals surface area contributed by atoms with Gasteiger partial charge < -0.3 is 4.52 Å². The Balaban J connectivity index is 1.85. The van der Waals surface area contributed by atoms with Gasteiger partial charge >= 0.3 is 0 Å². The maximum absolute atomic E-state index is 10.9. The summed E-state index contributed by atoms with van der Waals surface area (Å²) in [5.74, 6) is 1.65. The molecule has 0 unspecified atom stereocenters. The first-order chi connectivity index (χ1) is 11.6. The van der Waals surface area contributed by atoms with Gasteiger partial charge in [-0.2, -0.15) is 4.98 Å². The van der Waals surface area contributed by atoms with Crippen molar-refractivity contribution in [2.45, 2.75) is 27.2 Å². The minimum Gasteiger partial charge on any atom is -0.334 e. The van der Waals surface area contributed by atoms with Crippen LogP contribution in [-0.2, 0) is 6.42 Å². The largest absolute Gasteiger partial charge is 0.334 e. The van der Waals surface area contributed by atoms with Crippen LogP contribution in [0.3, 0.4) is 0 Å². The predicted octanol–water partition coefficient (Wildman–Crippen LogP) is 4.72. The zero-order valence-electron chi connectivity index (χ0n) is 14.1. The summed E-state index contributed by atoms with van der Waals surface area (Å²) >= 11 is 0. The Morgan fingerprint density at radius 2 is 1.79 bits per heavy atom. The quantitative estimate of drug-likeness (QED) is 0.638. The summed E-state index contributed by atoms with van der Waals surface area (Å²) in [6, 6.07) is 13.7. The lowest BCUT2D eigenvalue weighted by atomic mass is 10.0. The van der Waals surface area contributed by atoms with Gasteiger partial charge in [-0.05, 0) is 48.6 Å². The monoisotopic (exact) mass is 320 g/mol. The Morgan fingerprint density at radius 1 is 1.08 bits per heavy atom. The normalized spacial score (nSPS) is 11.0. The van der Waals surface area contributed by atoms with Crippen molar-refractivity contribution in [2.75, 3.05) is 0 Å². The minimum atomic E-state index is 0.498. The van der Waals surface area contributed by atoms with E-state index < -0.39 is 0 Å². The Morgan fingerprint density at radius 3 is 2.42 bits per heavy atom. The van der Waals surface area contributed by atoms with Crippen LogP contribution in [0, 0.1) is 12.8 Å². The third kappa shape index (κ3) is 3.43. The third-order valence-corrected chi connectivity index (χ3v) is 3.93. The summed E-state index contributed by atoms with van der Waals surface area (Å²) in [5, 5.41) is 4.06. The molecule has 0 N–H and O–H groups in total. The number of hydrogen-bond acceptors (Lipinski definition) is 4. The molecule has 0 saturated heterocycles. The van der Waals surface area contributed by atoms with Crippen LogP contribution in [0.25, 0.3) is 22.8 Å². The highest BCUT2D eigenvalue weighted by molar-refractivity contribution is 5.78. The lowest BCUT2D eigenvalue weighted by Crippen LogP contribution is -1.93. The van der Waals surface area contributed by atoms with E-state index in [0.717, 1.165) is 29.4 Å². The van der Waals surface area contributed by atoms with Crippen LogP contribution < -0.4 is 0 Å². The fourth-order valence-electron chi connectivity index (χ4n) is 2.66. The van der Waals surface area contributed by atoms with Crippen molar-refractivity contribution in [3.05, 3.63) is 59.2 Å². The fourth-order valence-corrected chi connectivity index (χ4v) is 2.66. The molecule has 0 aliphatic heterocycles. The van der Waals surface area contributed by atoms with Gasteiger partial charge in [-0.25, -0.2) is 0 Å². The Kier molecular flexibility index (Phi) is 4.56. The van der Waals surface area contributed by atoms with Gasteiger partial charge in [-0.1, -0.05) is 43.3 Å². The van der Waals surface area contributed by atoms with E-state index >= 15 is 0 Å². The van der Waals surface area contributed by atoms with E-state index in [-0.39, 0.29) is 0 Å². The smallest absolute Gasteiger partial charge is 0.258 e. The van der Waals surface area contributed by atoms with E-state index in [1.54, 1.807) is 6.07 Å². The van der Waals surface area contributed by atoms with Crippen molar-refractivity contribution in [1.82, 2.24) is 10.1 Å². The van der Waals surface area contributed by atoms with Crippen molar-refractivity contribution in [3.8, 4) is 22.8 Å². The molecule has 122 valence electrons.